The van der Waals surface area contributed by atoms with E-state index in [1.54, 1.807) is 12.1 Å². The van der Waals surface area contributed by atoms with Crippen molar-refractivity contribution in [3.8, 4) is 0 Å². The van der Waals surface area contributed by atoms with Gasteiger partial charge in [0.2, 0.25) is 5.91 Å². The maximum atomic E-state index is 14.0. The summed E-state index contributed by atoms with van der Waals surface area (Å²) in [7, 11) is 0. The summed E-state index contributed by atoms with van der Waals surface area (Å²) in [5, 5.41) is 1.10. The Balaban J connectivity index is 1.16. The highest BCUT2D eigenvalue weighted by Crippen LogP contribution is 2.36. The normalized spacial score (nSPS) is 14.9. The number of para-hydroxylation sites is 3. The second-order valence-electron chi connectivity index (χ2n) is 11.5. The van der Waals surface area contributed by atoms with Gasteiger partial charge in [-0.1, -0.05) is 72.8 Å². The minimum absolute atomic E-state index is 0.0385. The first-order valence-corrected chi connectivity index (χ1v) is 14.9. The summed E-state index contributed by atoms with van der Waals surface area (Å²) in [6, 6.07) is 32.9. The summed E-state index contributed by atoms with van der Waals surface area (Å²) < 4.78 is 18.1. The number of carbonyl (C=O) groups excluding carboxylic acids is 1. The molecule has 2 aromatic heterocycles. The summed E-state index contributed by atoms with van der Waals surface area (Å²) in [5.41, 5.74) is 5.91. The van der Waals surface area contributed by atoms with E-state index in [4.69, 9.17) is 0 Å². The summed E-state index contributed by atoms with van der Waals surface area (Å²) in [6.45, 7) is 1.88. The van der Waals surface area contributed by atoms with Gasteiger partial charge in [0.1, 0.15) is 5.82 Å². The Bertz CT molecular complexity index is 1950. The fourth-order valence-corrected chi connectivity index (χ4v) is 6.68. The van der Waals surface area contributed by atoms with Crippen LogP contribution in [0.4, 0.5) is 4.39 Å². The van der Waals surface area contributed by atoms with E-state index in [-0.39, 0.29) is 35.8 Å². The molecule has 1 aliphatic heterocycles. The smallest absolute Gasteiger partial charge is 0.326 e. The Morgan fingerprint density at radius 2 is 1.51 bits per heavy atom. The molecule has 1 atom stereocenters. The monoisotopic (exact) mass is 572 g/mol. The molecule has 0 spiro atoms. The minimum Gasteiger partial charge on any atom is -0.343 e. The van der Waals surface area contributed by atoms with Crippen LogP contribution in [0.1, 0.15) is 47.9 Å². The highest BCUT2D eigenvalue weighted by molar-refractivity contribution is 5.87. The van der Waals surface area contributed by atoms with E-state index < -0.39 is 0 Å². The third kappa shape index (κ3) is 5.27. The molecule has 1 unspecified atom stereocenters. The number of amides is 1. The van der Waals surface area contributed by atoms with Gasteiger partial charge < -0.3 is 14.5 Å². The molecule has 6 nitrogen and oxygen atoms in total. The number of aromatic amines is 1. The molecule has 0 saturated carbocycles. The molecule has 216 valence electrons. The summed E-state index contributed by atoms with van der Waals surface area (Å²) >= 11 is 0. The molecule has 1 saturated heterocycles. The molecule has 1 amide bonds. The summed E-state index contributed by atoms with van der Waals surface area (Å²) in [5.74, 6) is -0.460. The Labute approximate surface area is 249 Å². The molecule has 0 aliphatic carbocycles. The van der Waals surface area contributed by atoms with E-state index in [1.807, 2.05) is 64.1 Å². The van der Waals surface area contributed by atoms with Gasteiger partial charge in [-0.25, -0.2) is 9.18 Å². The van der Waals surface area contributed by atoms with Crippen LogP contribution >= 0.6 is 0 Å². The molecule has 1 N–H and O–H groups in total. The lowest BCUT2D eigenvalue weighted by atomic mass is 9.87. The molecule has 7 rings (SSSR count). The zero-order valence-electron chi connectivity index (χ0n) is 23.8. The van der Waals surface area contributed by atoms with E-state index in [9.17, 15) is 14.0 Å². The highest BCUT2D eigenvalue weighted by Gasteiger charge is 2.29. The number of aromatic nitrogens is 3. The quantitative estimate of drug-likeness (QED) is 0.227. The van der Waals surface area contributed by atoms with Crippen LogP contribution in [-0.4, -0.2) is 38.0 Å². The van der Waals surface area contributed by atoms with Crippen molar-refractivity contribution in [3.05, 3.63) is 142 Å². The SMILES string of the molecule is O=C(CC(c1ccc(F)cc1)c1cn(Cc2ccccc2)c2ccccc12)N1CCC(n2c(=O)[nH]c3ccccc32)CC1. The van der Waals surface area contributed by atoms with E-state index in [2.05, 4.69) is 40.0 Å². The predicted molar refractivity (Wildman–Crippen MR) is 168 cm³/mol. The lowest BCUT2D eigenvalue weighted by molar-refractivity contribution is -0.132. The molecule has 3 heterocycles. The van der Waals surface area contributed by atoms with Crippen molar-refractivity contribution < 1.29 is 9.18 Å². The van der Waals surface area contributed by atoms with Crippen LogP contribution in [0.2, 0.25) is 0 Å². The third-order valence-corrected chi connectivity index (χ3v) is 8.85. The number of halogens is 1. The van der Waals surface area contributed by atoms with Gasteiger partial charge in [-0.05, 0) is 59.9 Å². The van der Waals surface area contributed by atoms with Crippen LogP contribution in [-0.2, 0) is 11.3 Å². The molecular weight excluding hydrogens is 539 g/mol. The van der Waals surface area contributed by atoms with E-state index in [0.717, 1.165) is 33.1 Å². The van der Waals surface area contributed by atoms with Crippen LogP contribution in [0, 0.1) is 5.82 Å². The van der Waals surface area contributed by atoms with Gasteiger partial charge in [0.15, 0.2) is 0 Å². The predicted octanol–water partition coefficient (Wildman–Crippen LogP) is 6.86. The van der Waals surface area contributed by atoms with E-state index in [0.29, 0.717) is 32.5 Å². The molecule has 6 aromatic rings. The fraction of sp³-hybridized carbons (Fsp3) is 0.222. The van der Waals surface area contributed by atoms with Crippen molar-refractivity contribution in [2.24, 2.45) is 0 Å². The molecule has 7 heteroatoms. The maximum absolute atomic E-state index is 14.0. The van der Waals surface area contributed by atoms with Gasteiger partial charge in [0, 0.05) is 55.1 Å². The second kappa shape index (κ2) is 11.4. The Morgan fingerprint density at radius 3 is 2.28 bits per heavy atom. The summed E-state index contributed by atoms with van der Waals surface area (Å²) in [6.07, 6.45) is 3.87. The fourth-order valence-electron chi connectivity index (χ4n) is 6.68. The highest BCUT2D eigenvalue weighted by atomic mass is 19.1. The lowest BCUT2D eigenvalue weighted by Crippen LogP contribution is -2.41. The van der Waals surface area contributed by atoms with Gasteiger partial charge in [-0.15, -0.1) is 0 Å². The van der Waals surface area contributed by atoms with E-state index in [1.165, 1.54) is 17.7 Å². The molecule has 0 bridgehead atoms. The standard InChI is InChI=1S/C36H33FN4O2/c37-27-16-14-26(15-17-27)30(31-24-40(23-25-8-2-1-3-9-25)33-12-6-4-10-29(31)33)22-35(42)39-20-18-28(19-21-39)41-34-13-7-5-11-32(34)38-36(41)43/h1-17,24,28,30H,18-23H2,(H,38,43). The van der Waals surface area contributed by atoms with Gasteiger partial charge in [-0.2, -0.15) is 0 Å². The third-order valence-electron chi connectivity index (χ3n) is 8.85. The van der Waals surface area contributed by atoms with Crippen molar-refractivity contribution in [1.82, 2.24) is 19.0 Å². The number of likely N-dealkylation sites (tertiary alicyclic amines) is 1. The van der Waals surface area contributed by atoms with E-state index >= 15 is 0 Å². The first-order chi connectivity index (χ1) is 21.0. The Hall–Kier alpha value is -4.91. The van der Waals surface area contributed by atoms with Crippen molar-refractivity contribution in [2.45, 2.75) is 37.8 Å². The van der Waals surface area contributed by atoms with Gasteiger partial charge in [-0.3, -0.25) is 9.36 Å². The molecule has 4 aromatic carbocycles. The average Bonchev–Trinajstić information content (AvgIpc) is 3.57. The maximum Gasteiger partial charge on any atom is 0.326 e. The molecule has 1 fully saturated rings. The first kappa shape index (κ1) is 27.0. The average molecular weight is 573 g/mol. The van der Waals surface area contributed by atoms with Gasteiger partial charge >= 0.3 is 5.69 Å². The number of nitrogens with zero attached hydrogens (tertiary/aromatic N) is 3. The number of hydrogen-bond acceptors (Lipinski definition) is 2. The van der Waals surface area contributed by atoms with Crippen molar-refractivity contribution in [2.75, 3.05) is 13.1 Å². The summed E-state index contributed by atoms with van der Waals surface area (Å²) in [4.78, 5) is 31.5. The van der Waals surface area contributed by atoms with Crippen molar-refractivity contribution >= 4 is 27.8 Å². The lowest BCUT2D eigenvalue weighted by Gasteiger charge is -2.33. The number of hydrogen-bond donors (Lipinski definition) is 1. The molecule has 0 radical (unpaired) electrons. The van der Waals surface area contributed by atoms with Crippen molar-refractivity contribution in [3.63, 3.8) is 0 Å². The Kier molecular flexibility index (Phi) is 7.15. The number of imidazole rings is 1. The van der Waals surface area contributed by atoms with Crippen LogP contribution in [0.5, 0.6) is 0 Å². The Morgan fingerprint density at radius 1 is 0.837 bits per heavy atom. The number of nitrogens with one attached hydrogen (secondary N) is 1. The zero-order chi connectivity index (χ0) is 29.3. The molecule has 1 aliphatic rings. The van der Waals surface area contributed by atoms with Gasteiger partial charge in [0.05, 0.1) is 11.0 Å². The molecule has 43 heavy (non-hydrogen) atoms. The molecular formula is C36H33FN4O2. The first-order valence-electron chi connectivity index (χ1n) is 14.9. The minimum atomic E-state index is -0.296. The number of fused-ring (bicyclic) bond motifs is 2. The number of H-pyrrole nitrogens is 1. The number of carbonyl (C=O) groups is 1. The number of rotatable bonds is 7. The largest absolute Gasteiger partial charge is 0.343 e. The van der Waals surface area contributed by atoms with Gasteiger partial charge in [0.25, 0.3) is 0 Å². The van der Waals surface area contributed by atoms with Crippen LogP contribution in [0.25, 0.3) is 21.9 Å². The van der Waals surface area contributed by atoms with Crippen molar-refractivity contribution in [1.29, 1.82) is 0 Å². The van der Waals surface area contributed by atoms with Crippen LogP contribution in [0.15, 0.2) is 114 Å². The number of benzene rings is 4. The number of piperidine rings is 1. The second-order valence-corrected chi connectivity index (χ2v) is 11.5. The topological polar surface area (TPSA) is 63.0 Å². The van der Waals surface area contributed by atoms with Crippen LogP contribution in [0.3, 0.4) is 0 Å². The zero-order valence-corrected chi connectivity index (χ0v) is 23.8. The van der Waals surface area contributed by atoms with Crippen LogP contribution < -0.4 is 5.69 Å².